The molecule has 2 amide bonds. The first kappa shape index (κ1) is 26.4. The summed E-state index contributed by atoms with van der Waals surface area (Å²) in [6.07, 6.45) is 2.47. The number of benzene rings is 2. The van der Waals surface area contributed by atoms with Crippen molar-refractivity contribution in [2.75, 3.05) is 26.1 Å². The number of nitrogens with zero attached hydrogens (tertiary/aromatic N) is 3. The molecule has 0 spiro atoms. The van der Waals surface area contributed by atoms with Crippen molar-refractivity contribution in [1.29, 1.82) is 0 Å². The van der Waals surface area contributed by atoms with Crippen molar-refractivity contribution in [3.05, 3.63) is 68.8 Å². The highest BCUT2D eigenvalue weighted by Crippen LogP contribution is 2.33. The van der Waals surface area contributed by atoms with Crippen LogP contribution in [-0.2, 0) is 4.79 Å². The second-order valence-electron chi connectivity index (χ2n) is 7.88. The van der Waals surface area contributed by atoms with Gasteiger partial charge in [-0.3, -0.25) is 9.59 Å². The van der Waals surface area contributed by atoms with Gasteiger partial charge >= 0.3 is 0 Å². The number of likely N-dealkylation sites (N-methyl/N-ethyl adjacent to an activating group) is 1. The molecule has 1 heterocycles. The van der Waals surface area contributed by atoms with Gasteiger partial charge in [-0.15, -0.1) is 0 Å². The molecule has 1 aromatic heterocycles. The molecule has 0 aliphatic rings. The highest BCUT2D eigenvalue weighted by Gasteiger charge is 2.27. The number of carbonyl (C=O) groups is 2. The number of amides is 2. The van der Waals surface area contributed by atoms with Crippen LogP contribution in [0.3, 0.4) is 0 Å². The second-order valence-corrected chi connectivity index (χ2v) is 10.1. The highest BCUT2D eigenvalue weighted by molar-refractivity contribution is 7.98. The Bertz CT molecular complexity index is 1200. The third-order valence-corrected chi connectivity index (χ3v) is 6.68. The summed E-state index contributed by atoms with van der Waals surface area (Å²) in [6.45, 7) is 1.82. The maximum Gasteiger partial charge on any atom is 0.272 e. The van der Waals surface area contributed by atoms with E-state index in [0.717, 1.165) is 11.3 Å². The predicted octanol–water partition coefficient (Wildman–Crippen LogP) is 5.75. The van der Waals surface area contributed by atoms with E-state index in [1.165, 1.54) is 4.90 Å². The minimum atomic E-state index is -0.655. The third kappa shape index (κ3) is 5.89. The predicted molar refractivity (Wildman–Crippen MR) is 142 cm³/mol. The third-order valence-electron chi connectivity index (χ3n) is 5.25. The molecule has 0 aliphatic carbocycles. The summed E-state index contributed by atoms with van der Waals surface area (Å²) in [5.41, 5.74) is 2.92. The fourth-order valence-corrected chi connectivity index (χ4v) is 4.60. The lowest BCUT2D eigenvalue weighted by Gasteiger charge is -2.21. The summed E-state index contributed by atoms with van der Waals surface area (Å²) in [6, 6.07) is 11.7. The molecular weight excluding hydrogens is 515 g/mol. The van der Waals surface area contributed by atoms with Crippen molar-refractivity contribution >= 4 is 58.4 Å². The number of carbonyl (C=O) groups excluding carboxylic acids is 2. The lowest BCUT2D eigenvalue weighted by atomic mass is 10.1. The molecule has 3 aromatic rings. The molecule has 0 saturated heterocycles. The van der Waals surface area contributed by atoms with E-state index in [1.807, 2.05) is 25.3 Å². The molecule has 1 N–H and O–H groups in total. The summed E-state index contributed by atoms with van der Waals surface area (Å²) in [7, 11) is 3.34. The number of aromatic nitrogens is 2. The molecule has 6 nitrogen and oxygen atoms in total. The Kier molecular flexibility index (Phi) is 8.93. The summed E-state index contributed by atoms with van der Waals surface area (Å²) in [5, 5.41) is 8.96. The summed E-state index contributed by atoms with van der Waals surface area (Å²) < 4.78 is 1.62. The summed E-state index contributed by atoms with van der Waals surface area (Å²) >= 11 is 20.3. The van der Waals surface area contributed by atoms with E-state index in [4.69, 9.17) is 34.8 Å². The van der Waals surface area contributed by atoms with E-state index in [2.05, 4.69) is 10.4 Å². The number of hydrogen-bond donors (Lipinski definition) is 1. The van der Waals surface area contributed by atoms with E-state index in [-0.39, 0.29) is 11.6 Å². The van der Waals surface area contributed by atoms with Crippen molar-refractivity contribution in [3.8, 4) is 16.9 Å². The maximum atomic E-state index is 13.3. The molecular formula is C24H25Cl3N4O2S. The Morgan fingerprint density at radius 1 is 1.09 bits per heavy atom. The van der Waals surface area contributed by atoms with Gasteiger partial charge in [0.05, 0.1) is 16.4 Å². The molecule has 0 saturated carbocycles. The van der Waals surface area contributed by atoms with Gasteiger partial charge in [0.25, 0.3) is 5.91 Å². The van der Waals surface area contributed by atoms with Crippen LogP contribution in [0.2, 0.25) is 15.1 Å². The zero-order chi connectivity index (χ0) is 25.0. The average molecular weight is 540 g/mol. The highest BCUT2D eigenvalue weighted by atomic mass is 35.5. The second kappa shape index (κ2) is 11.5. The van der Waals surface area contributed by atoms with Crippen LogP contribution in [0.15, 0.2) is 42.5 Å². The van der Waals surface area contributed by atoms with Gasteiger partial charge in [-0.05, 0) is 55.7 Å². The number of hydrogen-bond acceptors (Lipinski definition) is 4. The van der Waals surface area contributed by atoms with Crippen LogP contribution in [-0.4, -0.2) is 58.6 Å². The Morgan fingerprint density at radius 3 is 2.32 bits per heavy atom. The Hall–Kier alpha value is -2.19. The molecule has 0 fully saturated rings. The van der Waals surface area contributed by atoms with Crippen molar-refractivity contribution in [2.24, 2.45) is 0 Å². The fraction of sp³-hybridized carbons (Fsp3) is 0.292. The first-order valence-electron chi connectivity index (χ1n) is 10.5. The first-order chi connectivity index (χ1) is 16.1. The van der Waals surface area contributed by atoms with Gasteiger partial charge in [0, 0.05) is 35.3 Å². The average Bonchev–Trinajstić information content (AvgIpc) is 3.13. The van der Waals surface area contributed by atoms with E-state index >= 15 is 0 Å². The zero-order valence-electron chi connectivity index (χ0n) is 19.2. The van der Waals surface area contributed by atoms with Gasteiger partial charge in [0.2, 0.25) is 5.91 Å². The van der Waals surface area contributed by atoms with Gasteiger partial charge in [-0.25, -0.2) is 4.68 Å². The molecule has 0 radical (unpaired) electrons. The number of nitrogens with one attached hydrogen (secondary N) is 1. The van der Waals surface area contributed by atoms with Crippen LogP contribution < -0.4 is 5.32 Å². The zero-order valence-corrected chi connectivity index (χ0v) is 22.3. The van der Waals surface area contributed by atoms with Crippen molar-refractivity contribution in [2.45, 2.75) is 19.4 Å². The topological polar surface area (TPSA) is 67.2 Å². The lowest BCUT2D eigenvalue weighted by molar-refractivity contribution is -0.130. The molecule has 0 unspecified atom stereocenters. The van der Waals surface area contributed by atoms with Crippen LogP contribution in [0.25, 0.3) is 16.9 Å². The number of thioether (sulfide) groups is 1. The first-order valence-corrected chi connectivity index (χ1v) is 13.0. The fourth-order valence-electron chi connectivity index (χ4n) is 3.52. The number of halogens is 3. The molecule has 1 atom stereocenters. The Labute approximate surface area is 218 Å². The van der Waals surface area contributed by atoms with E-state index in [9.17, 15) is 9.59 Å². The standard InChI is InChI=1S/C24H25Cl3N4O2S/c1-14-21(23(32)28-19(11-12-34-4)24(33)30(2)3)29-31(20-10-9-17(26)13-18(20)27)22(14)15-5-7-16(25)8-6-15/h5-10,13,19H,11-12H2,1-4H3,(H,28,32)/t19-/m0/s1. The smallest absolute Gasteiger partial charge is 0.272 e. The van der Waals surface area contributed by atoms with E-state index in [1.54, 1.807) is 60.9 Å². The van der Waals surface area contributed by atoms with Crippen LogP contribution in [0.4, 0.5) is 0 Å². The maximum absolute atomic E-state index is 13.3. The Morgan fingerprint density at radius 2 is 1.74 bits per heavy atom. The molecule has 0 bridgehead atoms. The molecule has 10 heteroatoms. The van der Waals surface area contributed by atoms with Crippen molar-refractivity contribution < 1.29 is 9.59 Å². The molecule has 180 valence electrons. The van der Waals surface area contributed by atoms with Gasteiger partial charge in [-0.1, -0.05) is 46.9 Å². The molecule has 0 aliphatic heterocycles. The molecule has 2 aromatic carbocycles. The van der Waals surface area contributed by atoms with E-state index < -0.39 is 11.9 Å². The monoisotopic (exact) mass is 538 g/mol. The van der Waals surface area contributed by atoms with Crippen LogP contribution in [0, 0.1) is 6.92 Å². The van der Waals surface area contributed by atoms with Crippen molar-refractivity contribution in [1.82, 2.24) is 20.0 Å². The lowest BCUT2D eigenvalue weighted by Crippen LogP contribution is -2.46. The summed E-state index contributed by atoms with van der Waals surface area (Å²) in [4.78, 5) is 27.5. The minimum Gasteiger partial charge on any atom is -0.347 e. The van der Waals surface area contributed by atoms with Gasteiger partial charge in [0.1, 0.15) is 6.04 Å². The van der Waals surface area contributed by atoms with E-state index in [0.29, 0.717) is 38.4 Å². The largest absolute Gasteiger partial charge is 0.347 e. The molecule has 34 heavy (non-hydrogen) atoms. The molecule has 3 rings (SSSR count). The minimum absolute atomic E-state index is 0.168. The SMILES string of the molecule is CSCC[C@H](NC(=O)c1nn(-c2ccc(Cl)cc2Cl)c(-c2ccc(Cl)cc2)c1C)C(=O)N(C)C. The number of rotatable bonds is 8. The Balaban J connectivity index is 2.10. The normalized spacial score (nSPS) is 11.9. The van der Waals surface area contributed by atoms with Gasteiger partial charge in [0.15, 0.2) is 5.69 Å². The van der Waals surface area contributed by atoms with Gasteiger partial charge < -0.3 is 10.2 Å². The van der Waals surface area contributed by atoms with Gasteiger partial charge in [-0.2, -0.15) is 16.9 Å². The summed E-state index contributed by atoms with van der Waals surface area (Å²) in [5.74, 6) is 0.130. The van der Waals surface area contributed by atoms with Crippen molar-refractivity contribution in [3.63, 3.8) is 0 Å². The quantitative estimate of drug-likeness (QED) is 0.396. The van der Waals surface area contributed by atoms with Crippen LogP contribution in [0.5, 0.6) is 0 Å². The van der Waals surface area contributed by atoms with Crippen LogP contribution >= 0.6 is 46.6 Å². The van der Waals surface area contributed by atoms with Crippen LogP contribution in [0.1, 0.15) is 22.5 Å².